The maximum absolute atomic E-state index is 12.5. The molecule has 0 bridgehead atoms. The van der Waals surface area contributed by atoms with Crippen LogP contribution >= 0.6 is 0 Å². The number of hydrogen-bond acceptors (Lipinski definition) is 5. The maximum atomic E-state index is 12.5. The number of ether oxygens (including phenoxy) is 1. The normalized spacial score (nSPS) is 16.3. The van der Waals surface area contributed by atoms with Crippen molar-refractivity contribution in [1.82, 2.24) is 15.0 Å². The number of ketones is 1. The number of carbonyl (C=O) groups is 1. The lowest BCUT2D eigenvalue weighted by molar-refractivity contribution is 0.103. The van der Waals surface area contributed by atoms with Crippen LogP contribution in [0.1, 0.15) is 48.2 Å². The van der Waals surface area contributed by atoms with Crippen LogP contribution in [0.5, 0.6) is 5.75 Å². The highest BCUT2D eigenvalue weighted by Crippen LogP contribution is 2.36. The zero-order chi connectivity index (χ0) is 17.0. The zero-order valence-corrected chi connectivity index (χ0v) is 13.7. The first-order valence-electron chi connectivity index (χ1n) is 8.16. The predicted molar refractivity (Wildman–Crippen MR) is 87.6 cm³/mol. The molecule has 1 heterocycles. The van der Waals surface area contributed by atoms with Crippen molar-refractivity contribution in [3.8, 4) is 11.8 Å². The van der Waals surface area contributed by atoms with Crippen molar-refractivity contribution in [1.29, 1.82) is 5.26 Å². The fraction of sp³-hybridized carbons (Fsp3) is 0.444. The number of rotatable bonds is 5. The van der Waals surface area contributed by atoms with E-state index in [1.165, 1.54) is 6.42 Å². The minimum atomic E-state index is -0.383. The third kappa shape index (κ3) is 3.30. The van der Waals surface area contributed by atoms with E-state index in [4.69, 9.17) is 4.74 Å². The molecule has 2 aromatic rings. The van der Waals surface area contributed by atoms with E-state index in [9.17, 15) is 10.1 Å². The molecule has 0 saturated heterocycles. The highest BCUT2D eigenvalue weighted by atomic mass is 16.5. The minimum Gasteiger partial charge on any atom is -0.497 e. The van der Waals surface area contributed by atoms with Crippen molar-refractivity contribution >= 4 is 5.78 Å². The second-order valence-electron chi connectivity index (χ2n) is 6.31. The zero-order valence-electron chi connectivity index (χ0n) is 13.7. The Morgan fingerprint density at radius 1 is 1.29 bits per heavy atom. The van der Waals surface area contributed by atoms with Gasteiger partial charge in [0.15, 0.2) is 5.69 Å². The second-order valence-corrected chi connectivity index (χ2v) is 6.31. The van der Waals surface area contributed by atoms with Crippen molar-refractivity contribution in [2.75, 3.05) is 7.11 Å². The molecule has 0 spiro atoms. The SMILES string of the molecule is COc1ccc(C(=O)c2cn(CC3(C#N)CCCCC3)nn2)cc1. The van der Waals surface area contributed by atoms with Gasteiger partial charge in [-0.15, -0.1) is 5.10 Å². The molecule has 0 amide bonds. The van der Waals surface area contributed by atoms with Crippen molar-refractivity contribution < 1.29 is 9.53 Å². The summed E-state index contributed by atoms with van der Waals surface area (Å²) in [4.78, 5) is 12.5. The molecule has 1 aliphatic rings. The van der Waals surface area contributed by atoms with Crippen LogP contribution in [0.2, 0.25) is 0 Å². The Bertz CT molecular complexity index is 752. The Hall–Kier alpha value is -2.68. The summed E-state index contributed by atoms with van der Waals surface area (Å²) in [6.07, 6.45) is 6.72. The average Bonchev–Trinajstić information content (AvgIpc) is 3.10. The summed E-state index contributed by atoms with van der Waals surface area (Å²) in [7, 11) is 1.58. The lowest BCUT2D eigenvalue weighted by Gasteiger charge is -2.30. The average molecular weight is 324 g/mol. The van der Waals surface area contributed by atoms with Gasteiger partial charge in [-0.05, 0) is 37.1 Å². The van der Waals surface area contributed by atoms with Gasteiger partial charge in [0.05, 0.1) is 31.3 Å². The Kier molecular flexibility index (Phi) is 4.61. The van der Waals surface area contributed by atoms with E-state index in [2.05, 4.69) is 16.4 Å². The summed E-state index contributed by atoms with van der Waals surface area (Å²) in [5.41, 5.74) is 0.450. The molecule has 0 aliphatic heterocycles. The van der Waals surface area contributed by atoms with Crippen LogP contribution in [0, 0.1) is 16.7 Å². The molecule has 0 unspecified atom stereocenters. The van der Waals surface area contributed by atoms with Gasteiger partial charge in [-0.3, -0.25) is 9.48 Å². The van der Waals surface area contributed by atoms with Crippen molar-refractivity contribution in [3.63, 3.8) is 0 Å². The number of methoxy groups -OCH3 is 1. The smallest absolute Gasteiger partial charge is 0.214 e. The van der Waals surface area contributed by atoms with Crippen molar-refractivity contribution in [2.45, 2.75) is 38.6 Å². The summed E-state index contributed by atoms with van der Waals surface area (Å²) < 4.78 is 6.72. The Balaban J connectivity index is 1.74. The van der Waals surface area contributed by atoms with Gasteiger partial charge in [-0.1, -0.05) is 24.5 Å². The number of carbonyl (C=O) groups excluding carboxylic acids is 1. The highest BCUT2D eigenvalue weighted by Gasteiger charge is 2.33. The molecule has 124 valence electrons. The maximum Gasteiger partial charge on any atom is 0.214 e. The molecule has 24 heavy (non-hydrogen) atoms. The summed E-state index contributed by atoms with van der Waals surface area (Å²) in [5.74, 6) is 0.516. The second kappa shape index (κ2) is 6.83. The van der Waals surface area contributed by atoms with Gasteiger partial charge < -0.3 is 4.74 Å². The topological polar surface area (TPSA) is 80.8 Å². The largest absolute Gasteiger partial charge is 0.497 e. The molecule has 0 N–H and O–H groups in total. The summed E-state index contributed by atoms with van der Waals surface area (Å²) in [5, 5.41) is 17.6. The third-order valence-electron chi connectivity index (χ3n) is 4.64. The van der Waals surface area contributed by atoms with Gasteiger partial charge >= 0.3 is 0 Å². The first-order valence-corrected chi connectivity index (χ1v) is 8.16. The molecule has 0 radical (unpaired) electrons. The molecule has 3 rings (SSSR count). The number of benzene rings is 1. The standard InChI is InChI=1S/C18H20N4O2/c1-24-15-7-5-14(6-8-15)17(23)16-11-22(21-20-16)13-18(12-19)9-3-2-4-10-18/h5-8,11H,2-4,9-10,13H2,1H3. The molecule has 0 atom stereocenters. The fourth-order valence-electron chi connectivity index (χ4n) is 3.21. The molecule has 1 aliphatic carbocycles. The number of nitriles is 1. The van der Waals surface area contributed by atoms with E-state index < -0.39 is 0 Å². The number of aromatic nitrogens is 3. The van der Waals surface area contributed by atoms with Gasteiger partial charge in [0.1, 0.15) is 5.75 Å². The van der Waals surface area contributed by atoms with Crippen LogP contribution in [-0.2, 0) is 6.54 Å². The summed E-state index contributed by atoms with van der Waals surface area (Å²) >= 11 is 0. The molecule has 1 saturated carbocycles. The van der Waals surface area contributed by atoms with Crippen LogP contribution in [0.15, 0.2) is 30.5 Å². The van der Waals surface area contributed by atoms with E-state index in [1.807, 2.05) is 0 Å². The molecule has 1 aromatic heterocycles. The van der Waals surface area contributed by atoms with E-state index in [1.54, 1.807) is 42.3 Å². The highest BCUT2D eigenvalue weighted by molar-refractivity contribution is 6.07. The molecule has 1 fully saturated rings. The fourth-order valence-corrected chi connectivity index (χ4v) is 3.21. The van der Waals surface area contributed by atoms with E-state index >= 15 is 0 Å². The number of nitrogens with zero attached hydrogens (tertiary/aromatic N) is 4. The first-order chi connectivity index (χ1) is 11.7. The number of hydrogen-bond donors (Lipinski definition) is 0. The van der Waals surface area contributed by atoms with E-state index in [0.717, 1.165) is 25.7 Å². The van der Waals surface area contributed by atoms with Crippen LogP contribution in [0.3, 0.4) is 0 Å². The van der Waals surface area contributed by atoms with Gasteiger partial charge in [0.25, 0.3) is 0 Å². The van der Waals surface area contributed by atoms with Crippen molar-refractivity contribution in [3.05, 3.63) is 41.7 Å². The summed E-state index contributed by atoms with van der Waals surface area (Å²) in [6, 6.07) is 9.36. The Morgan fingerprint density at radius 3 is 2.62 bits per heavy atom. The lowest BCUT2D eigenvalue weighted by Crippen LogP contribution is -2.28. The lowest BCUT2D eigenvalue weighted by atomic mass is 9.75. The molecule has 6 nitrogen and oxygen atoms in total. The van der Waals surface area contributed by atoms with Gasteiger partial charge in [0, 0.05) is 5.56 Å². The van der Waals surface area contributed by atoms with Crippen LogP contribution in [0.4, 0.5) is 0 Å². The molecular formula is C18H20N4O2. The van der Waals surface area contributed by atoms with E-state index in [0.29, 0.717) is 23.6 Å². The van der Waals surface area contributed by atoms with Crippen LogP contribution < -0.4 is 4.74 Å². The Morgan fingerprint density at radius 2 is 2.00 bits per heavy atom. The molecule has 1 aromatic carbocycles. The quantitative estimate of drug-likeness (QED) is 0.790. The van der Waals surface area contributed by atoms with Crippen LogP contribution in [-0.4, -0.2) is 27.9 Å². The van der Waals surface area contributed by atoms with Gasteiger partial charge in [-0.2, -0.15) is 5.26 Å². The van der Waals surface area contributed by atoms with Crippen LogP contribution in [0.25, 0.3) is 0 Å². The van der Waals surface area contributed by atoms with Gasteiger partial charge in [0.2, 0.25) is 5.78 Å². The van der Waals surface area contributed by atoms with E-state index in [-0.39, 0.29) is 11.2 Å². The minimum absolute atomic E-state index is 0.182. The first kappa shape index (κ1) is 16.2. The summed E-state index contributed by atoms with van der Waals surface area (Å²) in [6.45, 7) is 0.492. The third-order valence-corrected chi connectivity index (χ3v) is 4.64. The van der Waals surface area contributed by atoms with Crippen molar-refractivity contribution in [2.24, 2.45) is 5.41 Å². The molecule has 6 heteroatoms. The monoisotopic (exact) mass is 324 g/mol. The predicted octanol–water partition coefficient (Wildman–Crippen LogP) is 2.99. The Labute approximate surface area is 141 Å². The molecular weight excluding hydrogens is 304 g/mol. The van der Waals surface area contributed by atoms with Gasteiger partial charge in [-0.25, -0.2) is 0 Å².